The molecule has 0 atom stereocenters. The first-order chi connectivity index (χ1) is 10.1. The molecular formula is C16H15FO4. The van der Waals surface area contributed by atoms with Gasteiger partial charge in [0.15, 0.2) is 17.3 Å². The third-order valence-corrected chi connectivity index (χ3v) is 2.96. The van der Waals surface area contributed by atoms with E-state index in [2.05, 4.69) is 0 Å². The lowest BCUT2D eigenvalue weighted by molar-refractivity contribution is 0.101. The molecule has 0 bridgehead atoms. The normalized spacial score (nSPS) is 10.3. The van der Waals surface area contributed by atoms with Crippen molar-refractivity contribution in [2.75, 3.05) is 7.11 Å². The van der Waals surface area contributed by atoms with Crippen LogP contribution in [0.5, 0.6) is 17.2 Å². The summed E-state index contributed by atoms with van der Waals surface area (Å²) in [6.07, 6.45) is 0. The van der Waals surface area contributed by atoms with E-state index in [1.165, 1.54) is 32.2 Å². The number of halogens is 1. The van der Waals surface area contributed by atoms with Crippen LogP contribution in [0.4, 0.5) is 4.39 Å². The van der Waals surface area contributed by atoms with Crippen LogP contribution >= 0.6 is 0 Å². The molecule has 2 aromatic carbocycles. The molecule has 21 heavy (non-hydrogen) atoms. The van der Waals surface area contributed by atoms with E-state index in [1.807, 2.05) is 0 Å². The first kappa shape index (κ1) is 15.0. The lowest BCUT2D eigenvalue weighted by Crippen LogP contribution is -2.01. The number of carbonyl (C=O) groups is 1. The molecule has 0 aliphatic heterocycles. The van der Waals surface area contributed by atoms with E-state index in [0.717, 1.165) is 0 Å². The van der Waals surface area contributed by atoms with Gasteiger partial charge in [0.25, 0.3) is 0 Å². The fourth-order valence-electron chi connectivity index (χ4n) is 1.94. The van der Waals surface area contributed by atoms with E-state index in [1.54, 1.807) is 18.2 Å². The van der Waals surface area contributed by atoms with Crippen LogP contribution in [-0.4, -0.2) is 18.0 Å². The van der Waals surface area contributed by atoms with Crippen molar-refractivity contribution in [1.29, 1.82) is 0 Å². The molecule has 0 fully saturated rings. The van der Waals surface area contributed by atoms with Crippen LogP contribution in [0.1, 0.15) is 22.8 Å². The maximum absolute atomic E-state index is 13.7. The molecule has 110 valence electrons. The number of ether oxygens (including phenoxy) is 2. The molecule has 4 nitrogen and oxygen atoms in total. The van der Waals surface area contributed by atoms with Gasteiger partial charge < -0.3 is 14.6 Å². The van der Waals surface area contributed by atoms with Crippen LogP contribution < -0.4 is 9.47 Å². The van der Waals surface area contributed by atoms with E-state index < -0.39 is 11.6 Å². The molecule has 0 saturated carbocycles. The minimum absolute atomic E-state index is 0.106. The van der Waals surface area contributed by atoms with Gasteiger partial charge in [-0.1, -0.05) is 12.1 Å². The predicted octanol–water partition coefficient (Wildman–Crippen LogP) is 3.32. The monoisotopic (exact) mass is 290 g/mol. The highest BCUT2D eigenvalue weighted by molar-refractivity contribution is 5.97. The van der Waals surface area contributed by atoms with Gasteiger partial charge in [-0.05, 0) is 36.8 Å². The first-order valence-electron chi connectivity index (χ1n) is 6.32. The summed E-state index contributed by atoms with van der Waals surface area (Å²) in [5.74, 6) is -0.208. The highest BCUT2D eigenvalue weighted by Crippen LogP contribution is 2.34. The summed E-state index contributed by atoms with van der Waals surface area (Å²) >= 11 is 0. The van der Waals surface area contributed by atoms with Crippen molar-refractivity contribution in [1.82, 2.24) is 0 Å². The minimum atomic E-state index is -0.633. The topological polar surface area (TPSA) is 55.8 Å². The van der Waals surface area contributed by atoms with Crippen LogP contribution in [0.3, 0.4) is 0 Å². The molecule has 0 spiro atoms. The Morgan fingerprint density at radius 1 is 1.19 bits per heavy atom. The lowest BCUT2D eigenvalue weighted by atomic mass is 10.1. The Morgan fingerprint density at radius 3 is 2.57 bits per heavy atom. The fourth-order valence-corrected chi connectivity index (χ4v) is 1.94. The zero-order chi connectivity index (χ0) is 15.4. The van der Waals surface area contributed by atoms with Crippen molar-refractivity contribution in [3.63, 3.8) is 0 Å². The van der Waals surface area contributed by atoms with Gasteiger partial charge in [-0.2, -0.15) is 0 Å². The highest BCUT2D eigenvalue weighted by atomic mass is 19.1. The van der Waals surface area contributed by atoms with Crippen molar-refractivity contribution >= 4 is 5.78 Å². The molecule has 5 heteroatoms. The van der Waals surface area contributed by atoms with Crippen molar-refractivity contribution in [3.8, 4) is 17.2 Å². The number of Topliss-reactive ketones (excluding diaryl/α,β-unsaturated/α-hetero) is 1. The Bertz CT molecular complexity index is 667. The quantitative estimate of drug-likeness (QED) is 0.858. The standard InChI is InChI=1S/C16H15FO4/c1-10(19)16-12(17)4-3-5-14(16)21-13-7-6-11(9-18)8-15(13)20-2/h3-8,18H,9H2,1-2H3. The molecule has 2 rings (SSSR count). The molecule has 1 N–H and O–H groups in total. The number of hydrogen-bond donors (Lipinski definition) is 1. The van der Waals surface area contributed by atoms with Gasteiger partial charge in [-0.15, -0.1) is 0 Å². The second kappa shape index (κ2) is 6.37. The average Bonchev–Trinajstić information content (AvgIpc) is 2.47. The molecule has 0 amide bonds. The Kier molecular flexibility index (Phi) is 4.55. The van der Waals surface area contributed by atoms with Crippen LogP contribution in [-0.2, 0) is 6.61 Å². The molecular weight excluding hydrogens is 275 g/mol. The van der Waals surface area contributed by atoms with Gasteiger partial charge in [0.2, 0.25) is 0 Å². The molecule has 0 aliphatic carbocycles. The van der Waals surface area contributed by atoms with Gasteiger partial charge in [-0.25, -0.2) is 4.39 Å². The second-order valence-electron chi connectivity index (χ2n) is 4.41. The number of benzene rings is 2. The zero-order valence-corrected chi connectivity index (χ0v) is 11.7. The molecule has 0 saturated heterocycles. The number of rotatable bonds is 5. The van der Waals surface area contributed by atoms with Crippen molar-refractivity contribution in [2.24, 2.45) is 0 Å². The largest absolute Gasteiger partial charge is 0.493 e. The third kappa shape index (κ3) is 3.20. The van der Waals surface area contributed by atoms with E-state index in [0.29, 0.717) is 17.1 Å². The molecule has 0 aromatic heterocycles. The summed E-state index contributed by atoms with van der Waals surface area (Å²) in [5, 5.41) is 9.10. The SMILES string of the molecule is COc1cc(CO)ccc1Oc1cccc(F)c1C(C)=O. The summed E-state index contributed by atoms with van der Waals surface area (Å²) in [7, 11) is 1.46. The van der Waals surface area contributed by atoms with E-state index in [4.69, 9.17) is 14.6 Å². The molecule has 0 radical (unpaired) electrons. The fraction of sp³-hybridized carbons (Fsp3) is 0.188. The molecule has 2 aromatic rings. The smallest absolute Gasteiger partial charge is 0.169 e. The van der Waals surface area contributed by atoms with E-state index in [9.17, 15) is 9.18 Å². The zero-order valence-electron chi connectivity index (χ0n) is 11.7. The molecule has 0 heterocycles. The Labute approximate surface area is 121 Å². The number of ketones is 1. The van der Waals surface area contributed by atoms with Crippen LogP contribution in [0.25, 0.3) is 0 Å². The van der Waals surface area contributed by atoms with Crippen LogP contribution in [0, 0.1) is 5.82 Å². The van der Waals surface area contributed by atoms with Crippen LogP contribution in [0.15, 0.2) is 36.4 Å². The van der Waals surface area contributed by atoms with E-state index in [-0.39, 0.29) is 17.9 Å². The van der Waals surface area contributed by atoms with Gasteiger partial charge in [0.1, 0.15) is 11.6 Å². The van der Waals surface area contributed by atoms with Gasteiger partial charge in [-0.3, -0.25) is 4.79 Å². The maximum atomic E-state index is 13.7. The van der Waals surface area contributed by atoms with Gasteiger partial charge >= 0.3 is 0 Å². The number of hydrogen-bond acceptors (Lipinski definition) is 4. The van der Waals surface area contributed by atoms with Crippen molar-refractivity contribution < 1.29 is 23.8 Å². The van der Waals surface area contributed by atoms with Crippen molar-refractivity contribution in [3.05, 3.63) is 53.3 Å². The molecule has 0 unspecified atom stereocenters. The average molecular weight is 290 g/mol. The Hall–Kier alpha value is -2.40. The summed E-state index contributed by atoms with van der Waals surface area (Å²) in [5.41, 5.74) is 0.552. The Balaban J connectivity index is 2.43. The van der Waals surface area contributed by atoms with E-state index >= 15 is 0 Å². The summed E-state index contributed by atoms with van der Waals surface area (Å²) in [6.45, 7) is 1.15. The number of carbonyl (C=O) groups excluding carboxylic acids is 1. The predicted molar refractivity (Wildman–Crippen MR) is 75.4 cm³/mol. The first-order valence-corrected chi connectivity index (χ1v) is 6.32. The minimum Gasteiger partial charge on any atom is -0.493 e. The number of aliphatic hydroxyl groups excluding tert-OH is 1. The Morgan fingerprint density at radius 2 is 1.95 bits per heavy atom. The number of methoxy groups -OCH3 is 1. The summed E-state index contributed by atoms with van der Waals surface area (Å²) in [6, 6.07) is 9.05. The van der Waals surface area contributed by atoms with Gasteiger partial charge in [0.05, 0.1) is 19.3 Å². The second-order valence-corrected chi connectivity index (χ2v) is 4.41. The lowest BCUT2D eigenvalue weighted by Gasteiger charge is -2.13. The van der Waals surface area contributed by atoms with Gasteiger partial charge in [0, 0.05) is 0 Å². The summed E-state index contributed by atoms with van der Waals surface area (Å²) in [4.78, 5) is 11.5. The molecule has 0 aliphatic rings. The highest BCUT2D eigenvalue weighted by Gasteiger charge is 2.16. The number of aliphatic hydroxyl groups is 1. The summed E-state index contributed by atoms with van der Waals surface area (Å²) < 4.78 is 24.5. The van der Waals surface area contributed by atoms with Crippen molar-refractivity contribution in [2.45, 2.75) is 13.5 Å². The van der Waals surface area contributed by atoms with Crippen LogP contribution in [0.2, 0.25) is 0 Å². The maximum Gasteiger partial charge on any atom is 0.169 e. The third-order valence-electron chi connectivity index (χ3n) is 2.96.